The van der Waals surface area contributed by atoms with Crippen LogP contribution in [0.5, 0.6) is 5.75 Å². The summed E-state index contributed by atoms with van der Waals surface area (Å²) in [6.45, 7) is 4.35. The van der Waals surface area contributed by atoms with Crippen molar-refractivity contribution >= 4 is 5.69 Å². The molecule has 0 unspecified atom stereocenters. The van der Waals surface area contributed by atoms with Crippen molar-refractivity contribution in [3.63, 3.8) is 0 Å². The van der Waals surface area contributed by atoms with Crippen molar-refractivity contribution in [3.8, 4) is 5.75 Å². The van der Waals surface area contributed by atoms with E-state index in [1.807, 2.05) is 57.5 Å². The molecule has 0 atom stereocenters. The SMILES string of the molecule is Cc1ccc(CNc2cccc(OCCN(C)C)c2)cn1. The van der Waals surface area contributed by atoms with Gasteiger partial charge in [0.1, 0.15) is 12.4 Å². The fraction of sp³-hybridized carbons (Fsp3) is 0.353. The molecule has 0 aliphatic heterocycles. The van der Waals surface area contributed by atoms with Gasteiger partial charge in [-0.1, -0.05) is 12.1 Å². The van der Waals surface area contributed by atoms with Crippen LogP contribution in [0.2, 0.25) is 0 Å². The highest BCUT2D eigenvalue weighted by Crippen LogP contribution is 2.18. The van der Waals surface area contributed by atoms with Crippen LogP contribution in [0.1, 0.15) is 11.3 Å². The molecule has 1 heterocycles. The van der Waals surface area contributed by atoms with Gasteiger partial charge >= 0.3 is 0 Å². The highest BCUT2D eigenvalue weighted by molar-refractivity contribution is 5.48. The zero-order chi connectivity index (χ0) is 15.1. The molecule has 0 radical (unpaired) electrons. The third-order valence-electron chi connectivity index (χ3n) is 3.11. The zero-order valence-corrected chi connectivity index (χ0v) is 13.0. The third kappa shape index (κ3) is 5.44. The van der Waals surface area contributed by atoms with Crippen molar-refractivity contribution in [3.05, 3.63) is 53.9 Å². The number of anilines is 1. The van der Waals surface area contributed by atoms with Gasteiger partial charge in [-0.25, -0.2) is 0 Å². The Labute approximate surface area is 126 Å². The van der Waals surface area contributed by atoms with Gasteiger partial charge in [0, 0.05) is 36.7 Å². The molecular formula is C17H23N3O. The maximum Gasteiger partial charge on any atom is 0.121 e. The molecule has 0 amide bonds. The first-order valence-electron chi connectivity index (χ1n) is 7.16. The molecule has 2 aromatic rings. The second-order valence-corrected chi connectivity index (χ2v) is 5.34. The fourth-order valence-electron chi connectivity index (χ4n) is 1.85. The van der Waals surface area contributed by atoms with Gasteiger partial charge in [-0.15, -0.1) is 0 Å². The number of pyridine rings is 1. The smallest absolute Gasteiger partial charge is 0.121 e. The molecule has 0 aliphatic carbocycles. The van der Waals surface area contributed by atoms with E-state index < -0.39 is 0 Å². The molecular weight excluding hydrogens is 262 g/mol. The molecule has 112 valence electrons. The summed E-state index contributed by atoms with van der Waals surface area (Å²) < 4.78 is 5.73. The number of ether oxygens (including phenoxy) is 1. The minimum Gasteiger partial charge on any atom is -0.492 e. The second-order valence-electron chi connectivity index (χ2n) is 5.34. The number of nitrogens with one attached hydrogen (secondary N) is 1. The van der Waals surface area contributed by atoms with Gasteiger partial charge in [0.25, 0.3) is 0 Å². The molecule has 2 rings (SSSR count). The first kappa shape index (κ1) is 15.3. The maximum absolute atomic E-state index is 5.73. The molecule has 1 N–H and O–H groups in total. The molecule has 4 nitrogen and oxygen atoms in total. The van der Waals surface area contributed by atoms with Gasteiger partial charge in [0.15, 0.2) is 0 Å². The van der Waals surface area contributed by atoms with Gasteiger partial charge in [-0.3, -0.25) is 4.98 Å². The van der Waals surface area contributed by atoms with E-state index in [4.69, 9.17) is 4.74 Å². The molecule has 0 fully saturated rings. The molecule has 4 heteroatoms. The van der Waals surface area contributed by atoms with Gasteiger partial charge in [-0.2, -0.15) is 0 Å². The number of rotatable bonds is 7. The molecule has 0 saturated carbocycles. The van der Waals surface area contributed by atoms with Crippen molar-refractivity contribution < 1.29 is 4.74 Å². The minimum atomic E-state index is 0.693. The Kier molecular flexibility index (Phi) is 5.58. The Morgan fingerprint density at radius 1 is 1.19 bits per heavy atom. The second kappa shape index (κ2) is 7.64. The predicted octanol–water partition coefficient (Wildman–Crippen LogP) is 2.94. The summed E-state index contributed by atoms with van der Waals surface area (Å²) in [5, 5.41) is 3.39. The van der Waals surface area contributed by atoms with Gasteiger partial charge in [0.2, 0.25) is 0 Å². The van der Waals surface area contributed by atoms with Crippen LogP contribution in [-0.4, -0.2) is 37.1 Å². The largest absolute Gasteiger partial charge is 0.492 e. The Balaban J connectivity index is 1.87. The van der Waals surface area contributed by atoms with Crippen molar-refractivity contribution in [2.24, 2.45) is 0 Å². The zero-order valence-electron chi connectivity index (χ0n) is 13.0. The quantitative estimate of drug-likeness (QED) is 0.848. The number of likely N-dealkylation sites (N-methyl/N-ethyl adjacent to an activating group) is 1. The van der Waals surface area contributed by atoms with E-state index in [-0.39, 0.29) is 0 Å². The molecule has 0 spiro atoms. The molecule has 0 saturated heterocycles. The highest BCUT2D eigenvalue weighted by atomic mass is 16.5. The van der Waals surface area contributed by atoms with Crippen LogP contribution in [0.3, 0.4) is 0 Å². The van der Waals surface area contributed by atoms with E-state index in [2.05, 4.69) is 21.3 Å². The summed E-state index contributed by atoms with van der Waals surface area (Å²) in [6, 6.07) is 12.2. The Hall–Kier alpha value is -2.07. The van der Waals surface area contributed by atoms with Crippen LogP contribution in [0.15, 0.2) is 42.6 Å². The Bertz CT molecular complexity index is 552. The lowest BCUT2D eigenvalue weighted by molar-refractivity contribution is 0.261. The van der Waals surface area contributed by atoms with E-state index in [0.717, 1.165) is 30.2 Å². The van der Waals surface area contributed by atoms with E-state index in [1.165, 1.54) is 5.56 Å². The molecule has 1 aromatic heterocycles. The van der Waals surface area contributed by atoms with Crippen molar-refractivity contribution in [2.45, 2.75) is 13.5 Å². The van der Waals surface area contributed by atoms with E-state index in [0.29, 0.717) is 6.61 Å². The highest BCUT2D eigenvalue weighted by Gasteiger charge is 1.99. The van der Waals surface area contributed by atoms with E-state index in [9.17, 15) is 0 Å². The van der Waals surface area contributed by atoms with E-state index >= 15 is 0 Å². The topological polar surface area (TPSA) is 37.4 Å². The first-order chi connectivity index (χ1) is 10.1. The van der Waals surface area contributed by atoms with Gasteiger partial charge in [-0.05, 0) is 44.8 Å². The predicted molar refractivity (Wildman–Crippen MR) is 86.8 cm³/mol. The van der Waals surface area contributed by atoms with E-state index in [1.54, 1.807) is 0 Å². The summed E-state index contributed by atoms with van der Waals surface area (Å²) in [7, 11) is 4.08. The molecule has 0 bridgehead atoms. The number of aromatic nitrogens is 1. The summed E-state index contributed by atoms with van der Waals surface area (Å²) >= 11 is 0. The number of nitrogens with zero attached hydrogens (tertiary/aromatic N) is 2. The van der Waals surface area contributed by atoms with Crippen LogP contribution < -0.4 is 10.1 Å². The lowest BCUT2D eigenvalue weighted by atomic mass is 10.2. The molecule has 1 aromatic carbocycles. The number of aryl methyl sites for hydroxylation is 1. The first-order valence-corrected chi connectivity index (χ1v) is 7.16. The molecule has 0 aliphatic rings. The minimum absolute atomic E-state index is 0.693. The molecule has 21 heavy (non-hydrogen) atoms. The van der Waals surface area contributed by atoms with Crippen LogP contribution >= 0.6 is 0 Å². The standard InChI is InChI=1S/C17H23N3O/c1-14-7-8-15(12-18-14)13-19-16-5-4-6-17(11-16)21-10-9-20(2)3/h4-8,11-12,19H,9-10,13H2,1-3H3. The van der Waals surface area contributed by atoms with Crippen LogP contribution in [0, 0.1) is 6.92 Å². The fourth-order valence-corrected chi connectivity index (χ4v) is 1.85. The van der Waals surface area contributed by atoms with Crippen molar-refractivity contribution in [1.29, 1.82) is 0 Å². The average Bonchev–Trinajstić information content (AvgIpc) is 2.47. The van der Waals surface area contributed by atoms with Crippen LogP contribution in [0.25, 0.3) is 0 Å². The number of hydrogen-bond acceptors (Lipinski definition) is 4. The average molecular weight is 285 g/mol. The Morgan fingerprint density at radius 2 is 2.05 bits per heavy atom. The lowest BCUT2D eigenvalue weighted by Crippen LogP contribution is -2.19. The summed E-state index contributed by atoms with van der Waals surface area (Å²) in [4.78, 5) is 6.40. The van der Waals surface area contributed by atoms with Crippen LogP contribution in [0.4, 0.5) is 5.69 Å². The number of hydrogen-bond donors (Lipinski definition) is 1. The van der Waals surface area contributed by atoms with Gasteiger partial charge in [0.05, 0.1) is 0 Å². The summed E-state index contributed by atoms with van der Waals surface area (Å²) in [5.41, 5.74) is 3.26. The number of benzene rings is 1. The third-order valence-corrected chi connectivity index (χ3v) is 3.11. The van der Waals surface area contributed by atoms with Crippen molar-refractivity contribution in [2.75, 3.05) is 32.6 Å². The summed E-state index contributed by atoms with van der Waals surface area (Å²) in [6.07, 6.45) is 1.90. The van der Waals surface area contributed by atoms with Crippen molar-refractivity contribution in [1.82, 2.24) is 9.88 Å². The van der Waals surface area contributed by atoms with Gasteiger partial charge < -0.3 is 15.0 Å². The van der Waals surface area contributed by atoms with Crippen LogP contribution in [-0.2, 0) is 6.54 Å². The maximum atomic E-state index is 5.73. The monoisotopic (exact) mass is 285 g/mol. The Morgan fingerprint density at radius 3 is 2.76 bits per heavy atom. The summed E-state index contributed by atoms with van der Waals surface area (Å²) in [5.74, 6) is 0.892. The normalized spacial score (nSPS) is 10.7. The lowest BCUT2D eigenvalue weighted by Gasteiger charge is -2.12.